The predicted molar refractivity (Wildman–Crippen MR) is 233 cm³/mol. The zero-order valence-electron chi connectivity index (χ0n) is 34.2. The number of piperidine rings is 1. The fraction of sp³-hybridized carbons (Fsp3) is 0.311. The second-order valence-corrected chi connectivity index (χ2v) is 16.8. The summed E-state index contributed by atoms with van der Waals surface area (Å²) in [5.41, 5.74) is 6.34. The highest BCUT2D eigenvalue weighted by atomic mass is 35.5. The number of halogens is 1. The van der Waals surface area contributed by atoms with Crippen molar-refractivity contribution in [3.63, 3.8) is 0 Å². The molecule has 0 radical (unpaired) electrons. The molecule has 61 heavy (non-hydrogen) atoms. The Balaban J connectivity index is 0.821. The van der Waals surface area contributed by atoms with Gasteiger partial charge in [0.05, 0.1) is 42.5 Å². The Morgan fingerprint density at radius 2 is 1.75 bits per heavy atom. The Morgan fingerprint density at radius 3 is 2.51 bits per heavy atom. The Bertz CT molecular complexity index is 2580. The van der Waals surface area contributed by atoms with Crippen LogP contribution in [0, 0.1) is 20.8 Å². The summed E-state index contributed by atoms with van der Waals surface area (Å²) in [6.07, 6.45) is 0.909. The third kappa shape index (κ3) is 8.32. The molecule has 3 aliphatic rings. The number of hydrogen-bond acceptors (Lipinski definition) is 11. The second kappa shape index (κ2) is 17.4. The largest absolute Gasteiger partial charge is 0.491 e. The van der Waals surface area contributed by atoms with Crippen molar-refractivity contribution in [2.24, 2.45) is 4.99 Å². The van der Waals surface area contributed by atoms with Crippen LogP contribution >= 0.6 is 22.9 Å². The fourth-order valence-corrected chi connectivity index (χ4v) is 9.21. The Morgan fingerprint density at radius 1 is 0.984 bits per heavy atom. The van der Waals surface area contributed by atoms with Crippen LogP contribution in [0.25, 0.3) is 5.00 Å². The van der Waals surface area contributed by atoms with Gasteiger partial charge in [-0.3, -0.25) is 33.6 Å². The lowest BCUT2D eigenvalue weighted by Crippen LogP contribution is -2.51. The molecule has 3 aromatic carbocycles. The summed E-state index contributed by atoms with van der Waals surface area (Å²) in [5.74, 6) is 0.452. The van der Waals surface area contributed by atoms with Crippen molar-refractivity contribution in [2.75, 3.05) is 31.7 Å². The SMILES string of the molecule is C=C1CCC(N2C(=O)c3cccc(NCCOCCOc4ccc([C@H](C)NC(=O)C[C@@H]5N=C(c6ccc(Cl)cc6)c6c(sc(C)c6C)-n6c(C)nnc65)cc4)c3C2=O)C(=O)N1. The van der Waals surface area contributed by atoms with E-state index >= 15 is 0 Å². The van der Waals surface area contributed by atoms with Crippen LogP contribution in [0.4, 0.5) is 5.69 Å². The first-order valence-electron chi connectivity index (χ1n) is 20.1. The van der Waals surface area contributed by atoms with E-state index in [-0.39, 0.29) is 29.5 Å². The molecule has 314 valence electrons. The average Bonchev–Trinajstić information content (AvgIpc) is 3.82. The van der Waals surface area contributed by atoms with E-state index in [4.69, 9.17) is 26.1 Å². The number of rotatable bonds is 14. The minimum Gasteiger partial charge on any atom is -0.491 e. The molecule has 1 fully saturated rings. The number of carbonyl (C=O) groups is 4. The van der Waals surface area contributed by atoms with Gasteiger partial charge in [0, 0.05) is 39.0 Å². The lowest BCUT2D eigenvalue weighted by atomic mass is 9.99. The summed E-state index contributed by atoms with van der Waals surface area (Å²) >= 11 is 7.92. The number of hydrogen-bond donors (Lipinski definition) is 3. The molecule has 0 saturated carbocycles. The highest BCUT2D eigenvalue weighted by Gasteiger charge is 2.45. The minimum atomic E-state index is -0.872. The number of anilines is 1. The summed E-state index contributed by atoms with van der Waals surface area (Å²) < 4.78 is 13.7. The van der Waals surface area contributed by atoms with Crippen LogP contribution in [-0.2, 0) is 14.3 Å². The number of fused-ring (bicyclic) bond motifs is 4. The van der Waals surface area contributed by atoms with Gasteiger partial charge in [0.1, 0.15) is 35.3 Å². The number of aromatic nitrogens is 3. The number of imide groups is 1. The Labute approximate surface area is 362 Å². The first-order valence-corrected chi connectivity index (χ1v) is 21.3. The normalized spacial score (nSPS) is 17.5. The van der Waals surface area contributed by atoms with Crippen molar-refractivity contribution in [3.05, 3.63) is 134 Å². The number of carbonyl (C=O) groups excluding carboxylic acids is 4. The number of allylic oxidation sites excluding steroid dienone is 1. The molecule has 5 heterocycles. The van der Waals surface area contributed by atoms with Gasteiger partial charge >= 0.3 is 0 Å². The zero-order chi connectivity index (χ0) is 42.9. The minimum absolute atomic E-state index is 0.0742. The summed E-state index contributed by atoms with van der Waals surface area (Å²) in [7, 11) is 0. The lowest BCUT2D eigenvalue weighted by Gasteiger charge is -2.29. The molecule has 0 aliphatic carbocycles. The van der Waals surface area contributed by atoms with Crippen LogP contribution in [0.5, 0.6) is 5.75 Å². The molecule has 8 rings (SSSR count). The second-order valence-electron chi connectivity index (χ2n) is 15.2. The Hall–Kier alpha value is -6.16. The molecule has 2 aromatic heterocycles. The standard InChI is InChI=1S/C45H45ClN8O6S/c1-24-9-18-36(42(56)48-24)54-43(57)33-7-6-8-34(39(33)44(54)58)47-19-20-59-21-22-60-32-16-12-29(13-17-32)26(3)49-37(55)23-35-41-52-51-28(5)53(41)45-38(25(2)27(4)61-45)40(50-35)30-10-14-31(46)15-11-30/h6-8,10-17,26,35-36,47H,1,9,18-23H2,2-5H3,(H,48,56)(H,49,55)/t26-,35-,36?/m0/s1. The van der Waals surface area contributed by atoms with Gasteiger partial charge in [0.15, 0.2) is 5.82 Å². The number of nitrogens with one attached hydrogen (secondary N) is 3. The van der Waals surface area contributed by atoms with Crippen LogP contribution in [-0.4, -0.2) is 81.4 Å². The van der Waals surface area contributed by atoms with E-state index in [2.05, 4.69) is 46.6 Å². The molecule has 1 unspecified atom stereocenters. The van der Waals surface area contributed by atoms with E-state index in [0.29, 0.717) is 67.2 Å². The van der Waals surface area contributed by atoms with Crippen molar-refractivity contribution < 1.29 is 28.7 Å². The third-order valence-electron chi connectivity index (χ3n) is 11.1. The average molecular weight is 861 g/mol. The number of nitrogens with zero attached hydrogens (tertiary/aromatic N) is 5. The van der Waals surface area contributed by atoms with Crippen molar-refractivity contribution in [1.29, 1.82) is 0 Å². The van der Waals surface area contributed by atoms with Crippen LogP contribution in [0.3, 0.4) is 0 Å². The van der Waals surface area contributed by atoms with Crippen molar-refractivity contribution >= 4 is 58.0 Å². The lowest BCUT2D eigenvalue weighted by molar-refractivity contribution is -0.125. The van der Waals surface area contributed by atoms with Crippen molar-refractivity contribution in [1.82, 2.24) is 30.3 Å². The molecule has 3 atom stereocenters. The molecular weight excluding hydrogens is 816 g/mol. The molecule has 0 bridgehead atoms. The van der Waals surface area contributed by atoms with Gasteiger partial charge in [-0.25, -0.2) is 0 Å². The molecule has 14 nitrogen and oxygen atoms in total. The quantitative estimate of drug-likeness (QED) is 0.0790. The molecular formula is C45H45ClN8O6S. The van der Waals surface area contributed by atoms with Gasteiger partial charge in [-0.1, -0.05) is 48.5 Å². The zero-order valence-corrected chi connectivity index (χ0v) is 35.8. The maximum Gasteiger partial charge on any atom is 0.264 e. The molecule has 1 saturated heterocycles. The topological polar surface area (TPSA) is 169 Å². The molecule has 3 aliphatic heterocycles. The number of ether oxygens (including phenoxy) is 2. The van der Waals surface area contributed by atoms with Crippen molar-refractivity contribution in [3.8, 4) is 10.8 Å². The van der Waals surface area contributed by atoms with E-state index in [9.17, 15) is 19.2 Å². The van der Waals surface area contributed by atoms with E-state index in [0.717, 1.165) is 43.7 Å². The van der Waals surface area contributed by atoms with Gasteiger partial charge in [-0.2, -0.15) is 0 Å². The third-order valence-corrected chi connectivity index (χ3v) is 12.6. The fourth-order valence-electron chi connectivity index (χ4n) is 7.87. The predicted octanol–water partition coefficient (Wildman–Crippen LogP) is 6.96. The molecule has 5 aromatic rings. The van der Waals surface area contributed by atoms with E-state index in [1.165, 1.54) is 4.88 Å². The van der Waals surface area contributed by atoms with Gasteiger partial charge in [0.25, 0.3) is 11.8 Å². The number of benzene rings is 3. The molecule has 4 amide bonds. The van der Waals surface area contributed by atoms with Gasteiger partial charge in [-0.15, -0.1) is 21.5 Å². The van der Waals surface area contributed by atoms with Crippen LogP contribution in [0.2, 0.25) is 5.02 Å². The molecule has 16 heteroatoms. The first kappa shape index (κ1) is 41.6. The maximum absolute atomic E-state index is 13.7. The van der Waals surface area contributed by atoms with E-state index < -0.39 is 29.8 Å². The van der Waals surface area contributed by atoms with E-state index in [1.54, 1.807) is 29.5 Å². The molecule has 3 N–H and O–H groups in total. The summed E-state index contributed by atoms with van der Waals surface area (Å²) in [6, 6.07) is 18.4. The summed E-state index contributed by atoms with van der Waals surface area (Å²) in [4.78, 5) is 60.2. The highest BCUT2D eigenvalue weighted by Crippen LogP contribution is 2.40. The number of aryl methyl sites for hydroxylation is 2. The summed E-state index contributed by atoms with van der Waals surface area (Å²) in [6.45, 7) is 13.1. The smallest absolute Gasteiger partial charge is 0.264 e. The Kier molecular flexibility index (Phi) is 11.9. The number of aliphatic imine (C=N–C) groups is 1. The number of amides is 4. The van der Waals surface area contributed by atoms with Crippen molar-refractivity contribution in [2.45, 2.75) is 65.1 Å². The van der Waals surface area contributed by atoms with Gasteiger partial charge in [-0.05, 0) is 88.1 Å². The van der Waals surface area contributed by atoms with Gasteiger partial charge in [0.2, 0.25) is 11.8 Å². The van der Waals surface area contributed by atoms with Crippen LogP contribution in [0.1, 0.15) is 97.8 Å². The number of thiophene rings is 1. The summed E-state index contributed by atoms with van der Waals surface area (Å²) in [5, 5.41) is 19.5. The monoisotopic (exact) mass is 860 g/mol. The first-order chi connectivity index (χ1) is 29.4. The van der Waals surface area contributed by atoms with Gasteiger partial charge < -0.3 is 25.4 Å². The molecule has 0 spiro atoms. The maximum atomic E-state index is 13.7. The van der Waals surface area contributed by atoms with Crippen LogP contribution < -0.4 is 20.7 Å². The van der Waals surface area contributed by atoms with E-state index in [1.807, 2.05) is 66.9 Å². The highest BCUT2D eigenvalue weighted by molar-refractivity contribution is 7.15. The van der Waals surface area contributed by atoms with Crippen LogP contribution in [0.15, 0.2) is 84.0 Å².